The minimum Gasteiger partial charge on any atom is -0.491 e. The van der Waals surface area contributed by atoms with E-state index in [0.29, 0.717) is 37.2 Å². The molecule has 2 heterocycles. The fourth-order valence-electron chi connectivity index (χ4n) is 6.57. The standard InChI is InChI=1S/C37H47ClN4O5S2/c1-5-42-22-29-13-16-32(29)34(46-4)11-8-9-25(2)24-49(45,41-37(44)30-21-39-48-23-30)40-36(43)28-14-17-35(33(42)20-28)47-18-7-6-10-27-19-31(38)15-12-26(27)3/h8,11-12,14-15,17,19-21,23,25,29,32,34H,5-7,9-10,13,16,18,22,24H2,1-4H3,(H,40,41,43,44,45)/b11-8+/t25-,29-,32+,34-,49?/m0/s1. The molecule has 1 N–H and O–H groups in total. The van der Waals surface area contributed by atoms with Crippen LogP contribution in [-0.4, -0.2) is 59.1 Å². The van der Waals surface area contributed by atoms with Gasteiger partial charge in [-0.15, -0.1) is 4.36 Å². The molecule has 264 valence electrons. The molecule has 1 aliphatic heterocycles. The number of rotatable bonds is 10. The summed E-state index contributed by atoms with van der Waals surface area (Å²) >= 11 is 7.34. The van der Waals surface area contributed by atoms with E-state index in [2.05, 4.69) is 44.4 Å². The number of halogens is 1. The molecule has 0 saturated heterocycles. The molecule has 5 rings (SSSR count). The summed E-state index contributed by atoms with van der Waals surface area (Å²) in [5.74, 6) is 0.123. The molecular weight excluding hydrogens is 680 g/mol. The second-order valence-corrected chi connectivity index (χ2v) is 16.2. The van der Waals surface area contributed by atoms with E-state index >= 15 is 0 Å². The van der Waals surface area contributed by atoms with Gasteiger partial charge in [-0.25, -0.2) is 8.58 Å². The fraction of sp³-hybridized carbons (Fsp3) is 0.486. The van der Waals surface area contributed by atoms with E-state index < -0.39 is 21.7 Å². The summed E-state index contributed by atoms with van der Waals surface area (Å²) in [4.78, 5) is 29.0. The van der Waals surface area contributed by atoms with Gasteiger partial charge in [-0.2, -0.15) is 0 Å². The summed E-state index contributed by atoms with van der Waals surface area (Å²) in [6.07, 6.45) is 11.0. The van der Waals surface area contributed by atoms with Gasteiger partial charge in [0.15, 0.2) is 0 Å². The number of ether oxygens (including phenoxy) is 2. The minimum absolute atomic E-state index is 0.0138. The first-order chi connectivity index (χ1) is 23.6. The van der Waals surface area contributed by atoms with Gasteiger partial charge in [0, 0.05) is 36.2 Å². The normalized spacial score (nSPS) is 25.1. The van der Waals surface area contributed by atoms with Gasteiger partial charge >= 0.3 is 0 Å². The van der Waals surface area contributed by atoms with Crippen molar-refractivity contribution < 1.29 is 23.3 Å². The Morgan fingerprint density at radius 3 is 2.73 bits per heavy atom. The van der Waals surface area contributed by atoms with Crippen LogP contribution in [0.2, 0.25) is 5.02 Å². The van der Waals surface area contributed by atoms with Crippen molar-refractivity contribution in [1.82, 2.24) is 9.10 Å². The summed E-state index contributed by atoms with van der Waals surface area (Å²) in [6, 6.07) is 11.3. The average molecular weight is 727 g/mol. The molecule has 3 aromatic rings. The molecule has 1 aromatic heterocycles. The van der Waals surface area contributed by atoms with Crippen molar-refractivity contribution in [2.75, 3.05) is 37.5 Å². The molecule has 12 heteroatoms. The van der Waals surface area contributed by atoms with Gasteiger partial charge < -0.3 is 14.4 Å². The molecule has 0 radical (unpaired) electrons. The highest BCUT2D eigenvalue weighted by Gasteiger charge is 2.37. The molecule has 49 heavy (non-hydrogen) atoms. The summed E-state index contributed by atoms with van der Waals surface area (Å²) in [5.41, 5.74) is 3.83. The van der Waals surface area contributed by atoms with Crippen molar-refractivity contribution in [2.24, 2.45) is 22.1 Å². The maximum atomic E-state index is 14.3. The third-order valence-electron chi connectivity index (χ3n) is 9.51. The summed E-state index contributed by atoms with van der Waals surface area (Å²) in [6.45, 7) is 8.14. The van der Waals surface area contributed by atoms with Crippen molar-refractivity contribution >= 4 is 50.6 Å². The second kappa shape index (κ2) is 17.1. The number of nitrogens with one attached hydrogen (secondary N) is 1. The number of fused-ring (bicyclic) bond motifs is 3. The number of unbranched alkanes of at least 4 members (excludes halogenated alkanes) is 1. The number of hydrogen-bond donors (Lipinski definition) is 1. The van der Waals surface area contributed by atoms with Crippen LogP contribution >= 0.6 is 23.1 Å². The number of amides is 2. The van der Waals surface area contributed by atoms with Crippen LogP contribution in [0.1, 0.15) is 77.8 Å². The van der Waals surface area contributed by atoms with Crippen molar-refractivity contribution in [3.8, 4) is 5.75 Å². The van der Waals surface area contributed by atoms with Gasteiger partial charge in [0.25, 0.3) is 11.8 Å². The highest BCUT2D eigenvalue weighted by Crippen LogP contribution is 2.41. The first kappa shape index (κ1) is 37.0. The Morgan fingerprint density at radius 2 is 2.02 bits per heavy atom. The molecule has 2 bridgehead atoms. The summed E-state index contributed by atoms with van der Waals surface area (Å²) in [5, 5.41) is 2.32. The Labute approximate surface area is 299 Å². The quantitative estimate of drug-likeness (QED) is 0.167. The Balaban J connectivity index is 1.44. The number of benzene rings is 2. The molecule has 2 aliphatic rings. The van der Waals surface area contributed by atoms with Crippen molar-refractivity contribution in [1.29, 1.82) is 0 Å². The third-order valence-corrected chi connectivity index (χ3v) is 12.3. The van der Waals surface area contributed by atoms with Gasteiger partial charge in [0.1, 0.15) is 15.7 Å². The molecule has 0 spiro atoms. The van der Waals surface area contributed by atoms with Gasteiger partial charge in [-0.3, -0.25) is 14.3 Å². The molecule has 9 nitrogen and oxygen atoms in total. The van der Waals surface area contributed by atoms with Crippen LogP contribution in [0.4, 0.5) is 5.69 Å². The molecule has 1 fully saturated rings. The second-order valence-electron chi connectivity index (χ2n) is 13.1. The van der Waals surface area contributed by atoms with Crippen molar-refractivity contribution in [2.45, 2.75) is 65.4 Å². The van der Waals surface area contributed by atoms with Crippen LogP contribution in [0, 0.1) is 24.7 Å². The van der Waals surface area contributed by atoms with Gasteiger partial charge in [0.2, 0.25) is 0 Å². The number of nitrogens with zero attached hydrogens (tertiary/aromatic N) is 3. The van der Waals surface area contributed by atoms with Crippen LogP contribution in [0.15, 0.2) is 64.5 Å². The smallest absolute Gasteiger partial charge is 0.286 e. The van der Waals surface area contributed by atoms with E-state index in [0.717, 1.165) is 60.9 Å². The Bertz CT molecular complexity index is 1750. The molecule has 1 unspecified atom stereocenters. The Morgan fingerprint density at radius 1 is 1.18 bits per heavy atom. The zero-order valence-electron chi connectivity index (χ0n) is 28.7. The average Bonchev–Trinajstić information content (AvgIpc) is 3.61. The van der Waals surface area contributed by atoms with E-state index in [1.54, 1.807) is 24.6 Å². The molecule has 1 saturated carbocycles. The number of allylic oxidation sites excluding steroid dienone is 1. The number of carbonyl (C=O) groups excluding carboxylic acids is 2. The molecule has 2 aromatic carbocycles. The Kier molecular flexibility index (Phi) is 12.9. The topological polar surface area (TPSA) is 110 Å². The number of aryl methyl sites for hydroxylation is 2. The van der Waals surface area contributed by atoms with Crippen LogP contribution in [0.5, 0.6) is 5.75 Å². The zero-order chi connectivity index (χ0) is 35.0. The van der Waals surface area contributed by atoms with Crippen LogP contribution < -0.4 is 14.4 Å². The maximum absolute atomic E-state index is 14.3. The summed E-state index contributed by atoms with van der Waals surface area (Å²) < 4.78 is 37.4. The van der Waals surface area contributed by atoms with E-state index in [-0.39, 0.29) is 28.9 Å². The Hall–Kier alpha value is -3.25. The number of hydrogen-bond acceptors (Lipinski definition) is 8. The predicted octanol–water partition coefficient (Wildman–Crippen LogP) is 7.92. The number of carbonyl (C=O) groups is 2. The van der Waals surface area contributed by atoms with Gasteiger partial charge in [0.05, 0.1) is 35.9 Å². The number of aromatic nitrogens is 1. The maximum Gasteiger partial charge on any atom is 0.286 e. The monoisotopic (exact) mass is 726 g/mol. The lowest BCUT2D eigenvalue weighted by molar-refractivity contribution is 0.0135. The predicted molar refractivity (Wildman–Crippen MR) is 198 cm³/mol. The highest BCUT2D eigenvalue weighted by molar-refractivity contribution is 7.92. The lowest BCUT2D eigenvalue weighted by Crippen LogP contribution is -2.43. The number of anilines is 1. The molecule has 5 atom stereocenters. The first-order valence-electron chi connectivity index (χ1n) is 17.1. The van der Waals surface area contributed by atoms with Crippen LogP contribution in [0.3, 0.4) is 0 Å². The van der Waals surface area contributed by atoms with E-state index in [1.807, 2.05) is 31.2 Å². The first-order valence-corrected chi connectivity index (χ1v) is 20.0. The minimum atomic E-state index is -3.48. The van der Waals surface area contributed by atoms with Crippen LogP contribution in [0.25, 0.3) is 0 Å². The largest absolute Gasteiger partial charge is 0.491 e. The van der Waals surface area contributed by atoms with E-state index in [1.165, 1.54) is 17.3 Å². The van der Waals surface area contributed by atoms with Crippen molar-refractivity contribution in [3.05, 3.63) is 87.4 Å². The van der Waals surface area contributed by atoms with Crippen LogP contribution in [-0.2, 0) is 21.1 Å². The lowest BCUT2D eigenvalue weighted by atomic mass is 9.70. The molecular formula is C37H47ClN4O5S2. The zero-order valence-corrected chi connectivity index (χ0v) is 31.1. The number of methoxy groups -OCH3 is 1. The van der Waals surface area contributed by atoms with Crippen molar-refractivity contribution in [3.63, 3.8) is 0 Å². The van der Waals surface area contributed by atoms with Gasteiger partial charge in [-0.1, -0.05) is 36.7 Å². The van der Waals surface area contributed by atoms with E-state index in [4.69, 9.17) is 21.1 Å². The lowest BCUT2D eigenvalue weighted by Gasteiger charge is -2.43. The fourth-order valence-corrected chi connectivity index (χ4v) is 9.17. The summed E-state index contributed by atoms with van der Waals surface area (Å²) in [7, 11) is -1.73. The third kappa shape index (κ3) is 9.72. The highest BCUT2D eigenvalue weighted by atomic mass is 35.5. The van der Waals surface area contributed by atoms with E-state index in [9.17, 15) is 13.8 Å². The SMILES string of the molecule is CCN1C[C@@H]2CC[C@H]2[C@@H](OC)/C=C/C[C@H](C)CS(=O)(NC(=O)c2cnsc2)=NC(=O)c2ccc(OCCCCc3cc(Cl)ccc3C)c1c2. The molecule has 1 aliphatic carbocycles. The molecule has 2 amide bonds. The van der Waals surface area contributed by atoms with Gasteiger partial charge in [-0.05, 0) is 123 Å².